The van der Waals surface area contributed by atoms with Gasteiger partial charge in [0.25, 0.3) is 0 Å². The lowest BCUT2D eigenvalue weighted by molar-refractivity contribution is 0.348. The number of hydrogen-bond donors (Lipinski definition) is 1. The largest absolute Gasteiger partial charge is 0.356 e. The number of rotatable bonds is 0. The highest BCUT2D eigenvalue weighted by Crippen LogP contribution is 2.34. The molecule has 2 aromatic carbocycles. The van der Waals surface area contributed by atoms with Crippen molar-refractivity contribution < 1.29 is 4.84 Å². The fourth-order valence-corrected chi connectivity index (χ4v) is 2.30. The molecule has 2 heterocycles. The molecule has 1 N–H and O–H groups in total. The molecule has 0 saturated heterocycles. The van der Waals surface area contributed by atoms with Crippen LogP contribution in [0.4, 0.5) is 0 Å². The molecule has 0 aliphatic carbocycles. The van der Waals surface area contributed by atoms with Gasteiger partial charge in [-0.25, -0.2) is 4.98 Å². The van der Waals surface area contributed by atoms with Crippen molar-refractivity contribution in [3.63, 3.8) is 0 Å². The van der Waals surface area contributed by atoms with E-state index in [-0.39, 0.29) is 0 Å². The number of benzene rings is 2. The molecule has 86 valence electrons. The van der Waals surface area contributed by atoms with Crippen LogP contribution in [0.5, 0.6) is 5.75 Å². The minimum absolute atomic E-state index is 0.780. The number of fused-ring (bicyclic) bond motifs is 5. The Labute approximate surface area is 103 Å². The van der Waals surface area contributed by atoms with E-state index in [9.17, 15) is 0 Å². The fraction of sp³-hybridized carbons (Fsp3) is 0. The number of nitrogens with one attached hydrogen (secondary N) is 1. The summed E-state index contributed by atoms with van der Waals surface area (Å²) < 4.78 is 0. The van der Waals surface area contributed by atoms with Gasteiger partial charge in [0.15, 0.2) is 5.75 Å². The highest BCUT2D eigenvalue weighted by atomic mass is 16.6. The molecule has 0 unspecified atom stereocenters. The standard InChI is InChI=1S/C14H9N3O/c1-2-9-3-4-10-11(14(9)18-17-7-1)5-6-12-13(10)16-8-15-12/h1-8H,(H,15,16). The van der Waals surface area contributed by atoms with Gasteiger partial charge in [-0.1, -0.05) is 17.3 Å². The molecule has 1 aliphatic rings. The maximum absolute atomic E-state index is 5.46. The molecule has 0 spiro atoms. The van der Waals surface area contributed by atoms with Gasteiger partial charge in [-0.05, 0) is 24.3 Å². The molecule has 18 heavy (non-hydrogen) atoms. The quantitative estimate of drug-likeness (QED) is 0.650. The first-order valence-electron chi connectivity index (χ1n) is 5.69. The molecule has 0 fully saturated rings. The fourth-order valence-electron chi connectivity index (χ4n) is 2.30. The first-order chi connectivity index (χ1) is 8.93. The van der Waals surface area contributed by atoms with Crippen molar-refractivity contribution >= 4 is 34.1 Å². The SMILES string of the molecule is C1=Cc2ccc3c(ccc4[nH]cnc43)c2ON=C1. The normalized spacial score (nSPS) is 13.6. The summed E-state index contributed by atoms with van der Waals surface area (Å²) in [7, 11) is 0. The number of aromatic amines is 1. The van der Waals surface area contributed by atoms with Crippen LogP contribution in [0.25, 0.3) is 27.9 Å². The zero-order chi connectivity index (χ0) is 11.9. The predicted molar refractivity (Wildman–Crippen MR) is 71.8 cm³/mol. The Morgan fingerprint density at radius 2 is 2.00 bits per heavy atom. The Kier molecular flexibility index (Phi) is 1.80. The van der Waals surface area contributed by atoms with Crippen LogP contribution in [0.3, 0.4) is 0 Å². The van der Waals surface area contributed by atoms with Crippen molar-refractivity contribution in [1.82, 2.24) is 9.97 Å². The van der Waals surface area contributed by atoms with Crippen LogP contribution >= 0.6 is 0 Å². The van der Waals surface area contributed by atoms with Gasteiger partial charge < -0.3 is 9.82 Å². The van der Waals surface area contributed by atoms with Gasteiger partial charge in [-0.2, -0.15) is 0 Å². The average molecular weight is 235 g/mol. The average Bonchev–Trinajstić information content (AvgIpc) is 2.75. The van der Waals surface area contributed by atoms with Crippen molar-refractivity contribution in [1.29, 1.82) is 0 Å². The van der Waals surface area contributed by atoms with Gasteiger partial charge in [0.1, 0.15) is 0 Å². The monoisotopic (exact) mass is 235 g/mol. The number of nitrogens with zero attached hydrogens (tertiary/aromatic N) is 2. The summed E-state index contributed by atoms with van der Waals surface area (Å²) in [5, 5.41) is 5.98. The third-order valence-electron chi connectivity index (χ3n) is 3.13. The van der Waals surface area contributed by atoms with Gasteiger partial charge in [0, 0.05) is 16.3 Å². The molecule has 0 saturated carbocycles. The van der Waals surface area contributed by atoms with E-state index in [0.717, 1.165) is 33.1 Å². The Hall–Kier alpha value is -2.62. The molecule has 0 radical (unpaired) electrons. The number of H-pyrrole nitrogens is 1. The summed E-state index contributed by atoms with van der Waals surface area (Å²) in [4.78, 5) is 12.9. The Bertz CT molecular complexity index is 814. The highest BCUT2D eigenvalue weighted by molar-refractivity contribution is 6.07. The van der Waals surface area contributed by atoms with Crippen LogP contribution in [-0.4, -0.2) is 16.2 Å². The smallest absolute Gasteiger partial charge is 0.173 e. The van der Waals surface area contributed by atoms with Gasteiger partial charge in [0.2, 0.25) is 0 Å². The summed E-state index contributed by atoms with van der Waals surface area (Å²) in [6.07, 6.45) is 7.19. The third kappa shape index (κ3) is 1.20. The summed E-state index contributed by atoms with van der Waals surface area (Å²) in [6, 6.07) is 8.13. The minimum atomic E-state index is 0.780. The van der Waals surface area contributed by atoms with Crippen LogP contribution in [0.1, 0.15) is 5.56 Å². The van der Waals surface area contributed by atoms with Crippen LogP contribution in [0.2, 0.25) is 0 Å². The topological polar surface area (TPSA) is 50.3 Å². The number of imidazole rings is 1. The van der Waals surface area contributed by atoms with Crippen molar-refractivity contribution in [3.05, 3.63) is 42.2 Å². The van der Waals surface area contributed by atoms with E-state index >= 15 is 0 Å². The molecule has 0 bridgehead atoms. The number of hydrogen-bond acceptors (Lipinski definition) is 3. The van der Waals surface area contributed by atoms with Crippen molar-refractivity contribution in [2.75, 3.05) is 0 Å². The Morgan fingerprint density at radius 1 is 1.06 bits per heavy atom. The van der Waals surface area contributed by atoms with Crippen LogP contribution < -0.4 is 4.84 Å². The van der Waals surface area contributed by atoms with Gasteiger partial charge in [0.05, 0.1) is 23.6 Å². The zero-order valence-electron chi connectivity index (χ0n) is 9.42. The molecule has 1 aromatic heterocycles. The van der Waals surface area contributed by atoms with E-state index in [2.05, 4.69) is 21.2 Å². The predicted octanol–water partition coefficient (Wildman–Crippen LogP) is 3.11. The van der Waals surface area contributed by atoms with E-state index < -0.39 is 0 Å². The summed E-state index contributed by atoms with van der Waals surface area (Å²) in [5.41, 5.74) is 3.00. The second-order valence-corrected chi connectivity index (χ2v) is 4.15. The second-order valence-electron chi connectivity index (χ2n) is 4.15. The summed E-state index contributed by atoms with van der Waals surface area (Å²) >= 11 is 0. The van der Waals surface area contributed by atoms with Crippen molar-refractivity contribution in [2.24, 2.45) is 5.16 Å². The van der Waals surface area contributed by atoms with Crippen LogP contribution in [-0.2, 0) is 0 Å². The molecule has 3 aromatic rings. The van der Waals surface area contributed by atoms with Crippen LogP contribution in [0.15, 0.2) is 41.8 Å². The van der Waals surface area contributed by atoms with E-state index in [1.807, 2.05) is 30.4 Å². The molecular weight excluding hydrogens is 226 g/mol. The second kappa shape index (κ2) is 3.43. The van der Waals surface area contributed by atoms with Gasteiger partial charge in [-0.15, -0.1) is 0 Å². The first kappa shape index (κ1) is 9.41. The van der Waals surface area contributed by atoms with Gasteiger partial charge in [-0.3, -0.25) is 0 Å². The molecule has 0 amide bonds. The lowest BCUT2D eigenvalue weighted by Crippen LogP contribution is -1.88. The Morgan fingerprint density at radius 3 is 3.00 bits per heavy atom. The van der Waals surface area contributed by atoms with E-state index in [1.54, 1.807) is 12.5 Å². The summed E-state index contributed by atoms with van der Waals surface area (Å²) in [6.45, 7) is 0. The Balaban J connectivity index is 2.17. The van der Waals surface area contributed by atoms with E-state index in [0.29, 0.717) is 0 Å². The lowest BCUT2D eigenvalue weighted by atomic mass is 10.0. The highest BCUT2D eigenvalue weighted by Gasteiger charge is 2.12. The maximum Gasteiger partial charge on any atom is 0.173 e. The lowest BCUT2D eigenvalue weighted by Gasteiger charge is -2.07. The number of allylic oxidation sites excluding steroid dienone is 1. The molecular formula is C14H9N3O. The number of oxime groups is 1. The summed E-state index contributed by atoms with van der Waals surface area (Å²) in [5.74, 6) is 0.780. The minimum Gasteiger partial charge on any atom is -0.356 e. The van der Waals surface area contributed by atoms with E-state index in [1.165, 1.54) is 0 Å². The molecule has 1 aliphatic heterocycles. The molecule has 4 heteroatoms. The third-order valence-corrected chi connectivity index (χ3v) is 3.13. The molecule has 4 nitrogen and oxygen atoms in total. The first-order valence-corrected chi connectivity index (χ1v) is 5.69. The van der Waals surface area contributed by atoms with Crippen molar-refractivity contribution in [2.45, 2.75) is 0 Å². The number of aromatic nitrogens is 2. The maximum atomic E-state index is 5.46. The molecule has 0 atom stereocenters. The van der Waals surface area contributed by atoms with E-state index in [4.69, 9.17) is 4.84 Å². The van der Waals surface area contributed by atoms with Gasteiger partial charge >= 0.3 is 0 Å². The van der Waals surface area contributed by atoms with Crippen LogP contribution in [0, 0.1) is 0 Å². The van der Waals surface area contributed by atoms with Crippen molar-refractivity contribution in [3.8, 4) is 5.75 Å². The molecule has 4 rings (SSSR count). The zero-order valence-corrected chi connectivity index (χ0v) is 9.42.